The summed E-state index contributed by atoms with van der Waals surface area (Å²) in [5.41, 5.74) is -0.219. The number of rotatable bonds is 14. The van der Waals surface area contributed by atoms with Crippen LogP contribution in [-0.2, 0) is 4.74 Å². The number of nitro groups is 1. The van der Waals surface area contributed by atoms with E-state index in [1.54, 1.807) is 0 Å². The maximum atomic E-state index is 13.5. The van der Waals surface area contributed by atoms with Crippen molar-refractivity contribution in [2.75, 3.05) is 38.4 Å². The molecule has 1 atom stereocenters. The predicted molar refractivity (Wildman–Crippen MR) is 135 cm³/mol. The number of carbonyl (C=O) groups excluding carboxylic acids is 1. The first-order valence-electron chi connectivity index (χ1n) is 11.5. The number of carbonyl (C=O) groups is 1. The van der Waals surface area contributed by atoms with Crippen LogP contribution in [0.4, 0.5) is 5.69 Å². The molecule has 1 amide bonds. The third kappa shape index (κ3) is 7.68. The number of likely N-dealkylation sites (tertiary alicyclic amines) is 1. The lowest BCUT2D eigenvalue weighted by Gasteiger charge is -2.31. The zero-order valence-electron chi connectivity index (χ0n) is 20.2. The van der Waals surface area contributed by atoms with Crippen LogP contribution in [0.15, 0.2) is 12.1 Å². The van der Waals surface area contributed by atoms with Crippen molar-refractivity contribution in [1.29, 1.82) is 0 Å². The number of amides is 1. The second-order valence-corrected chi connectivity index (χ2v) is 11.0. The van der Waals surface area contributed by atoms with Crippen molar-refractivity contribution in [2.24, 2.45) is 0 Å². The van der Waals surface area contributed by atoms with Crippen LogP contribution in [0.2, 0.25) is 0 Å². The first-order chi connectivity index (χ1) is 15.8. The fourth-order valence-electron chi connectivity index (χ4n) is 3.79. The maximum Gasteiger partial charge on any atom is 0.286 e. The minimum atomic E-state index is -0.522. The highest BCUT2D eigenvalue weighted by molar-refractivity contribution is 8.17. The highest BCUT2D eigenvalue weighted by Crippen LogP contribution is 2.39. The van der Waals surface area contributed by atoms with E-state index in [4.69, 9.17) is 14.2 Å². The standard InChI is InChI=1S/C23H36N2O6S2/c1-6-32-23(33-7-2)18-10-8-11-24(18)22(26)17-14-20(29-5)21(15-19(17)25(27)28)31-13-9-12-30-16(3)4/h14-16,18,23H,6-13H2,1-5H3/t18-/m1/s1. The number of nitrogens with zero attached hydrogens (tertiary/aromatic N) is 2. The molecule has 0 unspecified atom stereocenters. The zero-order valence-corrected chi connectivity index (χ0v) is 21.8. The van der Waals surface area contributed by atoms with Gasteiger partial charge in [0.2, 0.25) is 0 Å². The molecule has 2 rings (SSSR count). The molecule has 1 aliphatic heterocycles. The quantitative estimate of drug-likeness (QED) is 0.148. The van der Waals surface area contributed by atoms with Crippen LogP contribution in [0.25, 0.3) is 0 Å². The van der Waals surface area contributed by atoms with Crippen molar-refractivity contribution in [2.45, 2.75) is 63.7 Å². The van der Waals surface area contributed by atoms with Gasteiger partial charge in [0.15, 0.2) is 11.5 Å². The molecule has 10 heteroatoms. The number of hydrogen-bond acceptors (Lipinski definition) is 8. The highest BCUT2D eigenvalue weighted by Gasteiger charge is 2.38. The number of benzene rings is 1. The van der Waals surface area contributed by atoms with E-state index in [9.17, 15) is 14.9 Å². The lowest BCUT2D eigenvalue weighted by molar-refractivity contribution is -0.385. The number of thioether (sulfide) groups is 2. The van der Waals surface area contributed by atoms with Crippen molar-refractivity contribution < 1.29 is 23.9 Å². The highest BCUT2D eigenvalue weighted by atomic mass is 32.2. The van der Waals surface area contributed by atoms with E-state index in [1.165, 1.54) is 19.2 Å². The van der Waals surface area contributed by atoms with Crippen molar-refractivity contribution >= 4 is 35.1 Å². The lowest BCUT2D eigenvalue weighted by Crippen LogP contribution is -2.41. The third-order valence-electron chi connectivity index (χ3n) is 5.24. The van der Waals surface area contributed by atoms with E-state index in [0.717, 1.165) is 24.3 Å². The molecule has 0 N–H and O–H groups in total. The Kier molecular flexibility index (Phi) is 11.6. The van der Waals surface area contributed by atoms with Crippen LogP contribution in [0.3, 0.4) is 0 Å². The van der Waals surface area contributed by atoms with E-state index in [2.05, 4.69) is 13.8 Å². The van der Waals surface area contributed by atoms with Gasteiger partial charge in [-0.15, -0.1) is 23.5 Å². The third-order valence-corrected chi connectivity index (χ3v) is 8.01. The van der Waals surface area contributed by atoms with Gasteiger partial charge in [-0.05, 0) is 38.2 Å². The lowest BCUT2D eigenvalue weighted by atomic mass is 10.1. The SMILES string of the molecule is CCSC(SCC)[C@H]1CCCN1C(=O)c1cc(OC)c(OCCCOC(C)C)cc1[N+](=O)[O-]. The van der Waals surface area contributed by atoms with Crippen LogP contribution in [-0.4, -0.2) is 70.8 Å². The monoisotopic (exact) mass is 500 g/mol. The summed E-state index contributed by atoms with van der Waals surface area (Å²) in [6.45, 7) is 9.59. The van der Waals surface area contributed by atoms with E-state index in [1.807, 2.05) is 42.3 Å². The van der Waals surface area contributed by atoms with Gasteiger partial charge in [-0.1, -0.05) is 13.8 Å². The van der Waals surface area contributed by atoms with E-state index >= 15 is 0 Å². The zero-order chi connectivity index (χ0) is 24.4. The van der Waals surface area contributed by atoms with Crippen molar-refractivity contribution in [1.82, 2.24) is 4.90 Å². The van der Waals surface area contributed by atoms with Gasteiger partial charge in [0.25, 0.3) is 11.6 Å². The Bertz CT molecular complexity index is 786. The number of hydrogen-bond donors (Lipinski definition) is 0. The molecule has 186 valence electrons. The van der Waals surface area contributed by atoms with Crippen molar-refractivity contribution in [3.8, 4) is 11.5 Å². The molecular weight excluding hydrogens is 464 g/mol. The van der Waals surface area contributed by atoms with Crippen LogP contribution < -0.4 is 9.47 Å². The van der Waals surface area contributed by atoms with Gasteiger partial charge in [0.05, 0.1) is 48.0 Å². The molecule has 0 spiro atoms. The molecule has 1 fully saturated rings. The van der Waals surface area contributed by atoms with Crippen molar-refractivity contribution in [3.63, 3.8) is 0 Å². The average molecular weight is 501 g/mol. The van der Waals surface area contributed by atoms with Gasteiger partial charge >= 0.3 is 0 Å². The summed E-state index contributed by atoms with van der Waals surface area (Å²) in [5, 5.41) is 11.9. The van der Waals surface area contributed by atoms with Gasteiger partial charge in [-0.25, -0.2) is 0 Å². The van der Waals surface area contributed by atoms with Gasteiger partial charge in [0.1, 0.15) is 5.56 Å². The van der Waals surface area contributed by atoms with E-state index < -0.39 is 4.92 Å². The molecule has 0 aromatic heterocycles. The molecular formula is C23H36N2O6S2. The van der Waals surface area contributed by atoms with Gasteiger partial charge in [-0.2, -0.15) is 0 Å². The fraction of sp³-hybridized carbons (Fsp3) is 0.696. The summed E-state index contributed by atoms with van der Waals surface area (Å²) >= 11 is 3.66. The van der Waals surface area contributed by atoms with Crippen LogP contribution in [0.1, 0.15) is 57.3 Å². The largest absolute Gasteiger partial charge is 0.493 e. The summed E-state index contributed by atoms with van der Waals surface area (Å²) in [5.74, 6) is 2.16. The number of ether oxygens (including phenoxy) is 3. The minimum Gasteiger partial charge on any atom is -0.493 e. The second kappa shape index (κ2) is 13.9. The molecule has 1 heterocycles. The Morgan fingerprint density at radius 3 is 2.48 bits per heavy atom. The van der Waals surface area contributed by atoms with E-state index in [0.29, 0.717) is 31.9 Å². The Hall–Kier alpha value is -1.65. The molecule has 0 radical (unpaired) electrons. The molecule has 0 saturated carbocycles. The van der Waals surface area contributed by atoms with Gasteiger partial charge in [-0.3, -0.25) is 14.9 Å². The van der Waals surface area contributed by atoms with E-state index in [-0.39, 0.29) is 39.6 Å². The predicted octanol–water partition coefficient (Wildman–Crippen LogP) is 5.23. The number of nitro benzene ring substituents is 1. The van der Waals surface area contributed by atoms with Crippen molar-refractivity contribution in [3.05, 3.63) is 27.8 Å². The average Bonchev–Trinajstić information content (AvgIpc) is 3.27. The fourth-order valence-corrected chi connectivity index (χ4v) is 6.65. The normalized spacial score (nSPS) is 16.0. The molecule has 33 heavy (non-hydrogen) atoms. The second-order valence-electron chi connectivity index (χ2n) is 7.89. The Labute approximate surface area is 205 Å². The maximum absolute atomic E-state index is 13.5. The topological polar surface area (TPSA) is 91.1 Å². The summed E-state index contributed by atoms with van der Waals surface area (Å²) in [4.78, 5) is 26.7. The smallest absolute Gasteiger partial charge is 0.286 e. The molecule has 0 bridgehead atoms. The molecule has 1 aromatic carbocycles. The van der Waals surface area contributed by atoms with Gasteiger partial charge in [0, 0.05) is 19.0 Å². The first-order valence-corrected chi connectivity index (χ1v) is 13.6. The van der Waals surface area contributed by atoms with Gasteiger partial charge < -0.3 is 19.1 Å². The molecule has 8 nitrogen and oxygen atoms in total. The van der Waals surface area contributed by atoms with Crippen LogP contribution >= 0.6 is 23.5 Å². The molecule has 0 aliphatic carbocycles. The molecule has 1 aliphatic rings. The van der Waals surface area contributed by atoms with Crippen LogP contribution in [0, 0.1) is 10.1 Å². The Morgan fingerprint density at radius 1 is 1.21 bits per heavy atom. The number of methoxy groups -OCH3 is 1. The first kappa shape index (κ1) is 27.6. The summed E-state index contributed by atoms with van der Waals surface area (Å²) in [6, 6.07) is 2.81. The summed E-state index contributed by atoms with van der Waals surface area (Å²) in [7, 11) is 1.47. The van der Waals surface area contributed by atoms with Crippen LogP contribution in [0.5, 0.6) is 11.5 Å². The summed E-state index contributed by atoms with van der Waals surface area (Å²) in [6.07, 6.45) is 2.57. The molecule has 1 saturated heterocycles. The Morgan fingerprint density at radius 2 is 1.91 bits per heavy atom. The minimum absolute atomic E-state index is 0.0426. The summed E-state index contributed by atoms with van der Waals surface area (Å²) < 4.78 is 16.9. The molecule has 1 aromatic rings. The Balaban J connectivity index is 2.27.